The zero-order valence-corrected chi connectivity index (χ0v) is 25.5. The van der Waals surface area contributed by atoms with E-state index in [1.807, 2.05) is 22.6 Å². The van der Waals surface area contributed by atoms with Gasteiger partial charge in [0.25, 0.3) is 17.7 Å². The van der Waals surface area contributed by atoms with Crippen molar-refractivity contribution in [2.75, 3.05) is 28.8 Å². The number of ether oxygens (including phenoxy) is 2. The average molecular weight is 708 g/mol. The lowest BCUT2D eigenvalue weighted by atomic mass is 10.0. The number of halogens is 2. The normalized spacial score (nSPS) is 13.2. The number of nitrogens with zero attached hydrogens (tertiary/aromatic N) is 2. The summed E-state index contributed by atoms with van der Waals surface area (Å²) in [5, 5.41) is 3.27. The third-order valence-corrected chi connectivity index (χ3v) is 7.37. The molecule has 0 saturated carbocycles. The van der Waals surface area contributed by atoms with E-state index in [9.17, 15) is 19.2 Å². The molecule has 0 radical (unpaired) electrons. The molecular formula is C32H23ClIN3O6. The Bertz CT molecular complexity index is 1670. The van der Waals surface area contributed by atoms with Gasteiger partial charge in [-0.2, -0.15) is 0 Å². The molecule has 5 rings (SSSR count). The van der Waals surface area contributed by atoms with Crippen LogP contribution in [0.1, 0.15) is 5.56 Å². The van der Waals surface area contributed by atoms with Gasteiger partial charge in [0, 0.05) is 10.7 Å². The van der Waals surface area contributed by atoms with E-state index in [2.05, 4.69) is 5.32 Å². The molecule has 11 heteroatoms. The first-order valence-electron chi connectivity index (χ1n) is 12.9. The van der Waals surface area contributed by atoms with Crippen LogP contribution < -0.4 is 24.6 Å². The van der Waals surface area contributed by atoms with Gasteiger partial charge in [-0.25, -0.2) is 14.6 Å². The molecular weight excluding hydrogens is 685 g/mol. The Morgan fingerprint density at radius 3 is 1.95 bits per heavy atom. The molecule has 1 heterocycles. The number of carbonyl (C=O) groups is 4. The first kappa shape index (κ1) is 29.8. The van der Waals surface area contributed by atoms with Crippen LogP contribution in [0.2, 0.25) is 5.02 Å². The summed E-state index contributed by atoms with van der Waals surface area (Å²) in [4.78, 5) is 55.2. The number of amides is 5. The maximum atomic E-state index is 13.7. The number of nitrogens with one attached hydrogen (secondary N) is 1. The lowest BCUT2D eigenvalue weighted by Crippen LogP contribution is -2.57. The quantitative estimate of drug-likeness (QED) is 0.127. The zero-order chi connectivity index (χ0) is 30.5. The van der Waals surface area contributed by atoms with Crippen molar-refractivity contribution in [2.24, 2.45) is 0 Å². The van der Waals surface area contributed by atoms with E-state index in [4.69, 9.17) is 21.1 Å². The predicted molar refractivity (Wildman–Crippen MR) is 173 cm³/mol. The molecule has 43 heavy (non-hydrogen) atoms. The monoisotopic (exact) mass is 707 g/mol. The minimum atomic E-state index is -0.780. The lowest BCUT2D eigenvalue weighted by molar-refractivity contribution is -0.121. The molecule has 0 unspecified atom stereocenters. The number of urea groups is 1. The molecule has 4 aromatic carbocycles. The van der Waals surface area contributed by atoms with Crippen LogP contribution in [0.15, 0.2) is 103 Å². The first-order chi connectivity index (χ1) is 20.8. The third-order valence-electron chi connectivity index (χ3n) is 6.32. The van der Waals surface area contributed by atoms with Crippen molar-refractivity contribution in [3.63, 3.8) is 0 Å². The highest BCUT2D eigenvalue weighted by Gasteiger charge is 2.43. The Balaban J connectivity index is 1.45. The van der Waals surface area contributed by atoms with Crippen LogP contribution in [-0.4, -0.2) is 37.5 Å². The molecule has 9 nitrogen and oxygen atoms in total. The second-order valence-corrected chi connectivity index (χ2v) is 10.8. The molecule has 0 spiro atoms. The van der Waals surface area contributed by atoms with E-state index < -0.39 is 23.8 Å². The highest BCUT2D eigenvalue weighted by molar-refractivity contribution is 14.1. The van der Waals surface area contributed by atoms with E-state index in [1.54, 1.807) is 97.1 Å². The summed E-state index contributed by atoms with van der Waals surface area (Å²) >= 11 is 7.91. The van der Waals surface area contributed by atoms with Gasteiger partial charge in [0.15, 0.2) is 18.1 Å². The van der Waals surface area contributed by atoms with Crippen molar-refractivity contribution in [3.05, 3.63) is 117 Å². The summed E-state index contributed by atoms with van der Waals surface area (Å²) < 4.78 is 11.9. The largest absolute Gasteiger partial charge is 0.493 e. The molecule has 0 aliphatic carbocycles. The van der Waals surface area contributed by atoms with Gasteiger partial charge in [-0.05, 0) is 94.9 Å². The summed E-state index contributed by atoms with van der Waals surface area (Å²) in [6, 6.07) is 25.9. The van der Waals surface area contributed by atoms with Crippen molar-refractivity contribution < 1.29 is 28.7 Å². The van der Waals surface area contributed by atoms with Crippen LogP contribution in [0.5, 0.6) is 11.5 Å². The maximum Gasteiger partial charge on any atom is 0.343 e. The first-order valence-corrected chi connectivity index (χ1v) is 14.3. The number of rotatable bonds is 8. The van der Waals surface area contributed by atoms with Gasteiger partial charge in [-0.1, -0.05) is 48.0 Å². The highest BCUT2D eigenvalue weighted by atomic mass is 127. The Kier molecular flexibility index (Phi) is 9.07. The van der Waals surface area contributed by atoms with E-state index in [0.29, 0.717) is 37.0 Å². The fraction of sp³-hybridized carbons (Fsp3) is 0.0625. The van der Waals surface area contributed by atoms with Crippen LogP contribution in [0, 0.1) is 3.57 Å². The summed E-state index contributed by atoms with van der Waals surface area (Å²) in [7, 11) is 1.44. The topological polar surface area (TPSA) is 105 Å². The molecule has 1 saturated heterocycles. The summed E-state index contributed by atoms with van der Waals surface area (Å²) in [5.41, 5.74) is 1.44. The summed E-state index contributed by atoms with van der Waals surface area (Å²) in [5.74, 6) is -1.32. The molecule has 4 aromatic rings. The molecule has 5 amide bonds. The van der Waals surface area contributed by atoms with Gasteiger partial charge in [0.1, 0.15) is 5.57 Å². The fourth-order valence-corrected chi connectivity index (χ4v) is 5.24. The Morgan fingerprint density at radius 2 is 1.42 bits per heavy atom. The Labute approximate surface area is 265 Å². The van der Waals surface area contributed by atoms with Gasteiger partial charge in [-0.3, -0.25) is 14.4 Å². The molecule has 1 N–H and O–H groups in total. The molecule has 216 valence electrons. The molecule has 0 aromatic heterocycles. The highest BCUT2D eigenvalue weighted by Crippen LogP contribution is 2.36. The molecule has 1 aliphatic heterocycles. The average Bonchev–Trinajstić information content (AvgIpc) is 3.01. The van der Waals surface area contributed by atoms with Crippen LogP contribution in [0.25, 0.3) is 6.08 Å². The molecule has 1 aliphatic rings. The molecule has 0 bridgehead atoms. The SMILES string of the molecule is COc1cc(C=C2C(=O)N(c3ccccc3)C(=O)N(c3ccccc3)C2=O)cc(I)c1OCC(=O)Nc1ccc(Cl)cc1. The van der Waals surface area contributed by atoms with Gasteiger partial charge in [-0.15, -0.1) is 0 Å². The Hall–Kier alpha value is -4.68. The minimum Gasteiger partial charge on any atom is -0.493 e. The van der Waals surface area contributed by atoms with Gasteiger partial charge in [0.05, 0.1) is 22.1 Å². The number of hydrogen-bond acceptors (Lipinski definition) is 6. The van der Waals surface area contributed by atoms with Crippen molar-refractivity contribution in [3.8, 4) is 11.5 Å². The number of benzene rings is 4. The third kappa shape index (κ3) is 6.55. The maximum absolute atomic E-state index is 13.7. The van der Waals surface area contributed by atoms with E-state index in [-0.39, 0.29) is 17.9 Å². The number of carbonyl (C=O) groups excluding carboxylic acids is 4. The van der Waals surface area contributed by atoms with Crippen LogP contribution in [-0.2, 0) is 14.4 Å². The number of methoxy groups -OCH3 is 1. The lowest BCUT2D eigenvalue weighted by Gasteiger charge is -2.34. The van der Waals surface area contributed by atoms with Crippen molar-refractivity contribution in [1.29, 1.82) is 0 Å². The fourth-order valence-electron chi connectivity index (χ4n) is 4.34. The Morgan fingerprint density at radius 1 is 0.860 bits per heavy atom. The summed E-state index contributed by atoms with van der Waals surface area (Å²) in [6.07, 6.45) is 1.41. The van der Waals surface area contributed by atoms with Crippen LogP contribution >= 0.6 is 34.2 Å². The smallest absolute Gasteiger partial charge is 0.343 e. The van der Waals surface area contributed by atoms with Crippen molar-refractivity contribution in [2.45, 2.75) is 0 Å². The number of hydrogen-bond donors (Lipinski definition) is 1. The number of imide groups is 2. The molecule has 0 atom stereocenters. The molecule has 1 fully saturated rings. The minimum absolute atomic E-state index is 0.221. The van der Waals surface area contributed by atoms with E-state index >= 15 is 0 Å². The standard InChI is InChI=1S/C32H23ClIN3O6/c1-42-27-18-20(17-26(34)29(27)43-19-28(38)35-22-14-12-21(33)13-15-22)16-25-30(39)36(23-8-4-2-5-9-23)32(41)37(31(25)40)24-10-6-3-7-11-24/h2-18H,19H2,1H3,(H,35,38). The second kappa shape index (κ2) is 13.1. The number of para-hydroxylation sites is 2. The van der Waals surface area contributed by atoms with Gasteiger partial charge >= 0.3 is 6.03 Å². The van der Waals surface area contributed by atoms with Crippen LogP contribution in [0.3, 0.4) is 0 Å². The van der Waals surface area contributed by atoms with Crippen molar-refractivity contribution in [1.82, 2.24) is 0 Å². The predicted octanol–water partition coefficient (Wildman–Crippen LogP) is 6.55. The van der Waals surface area contributed by atoms with Gasteiger partial charge < -0.3 is 14.8 Å². The number of barbiturate groups is 1. The second-order valence-electron chi connectivity index (χ2n) is 9.17. The van der Waals surface area contributed by atoms with Crippen molar-refractivity contribution >= 4 is 81.1 Å². The van der Waals surface area contributed by atoms with E-state index in [0.717, 1.165) is 9.80 Å². The van der Waals surface area contributed by atoms with Crippen LogP contribution in [0.4, 0.5) is 21.9 Å². The number of anilines is 3. The van der Waals surface area contributed by atoms with E-state index in [1.165, 1.54) is 13.2 Å². The van der Waals surface area contributed by atoms with Gasteiger partial charge in [0.2, 0.25) is 0 Å². The summed E-state index contributed by atoms with van der Waals surface area (Å²) in [6.45, 7) is -0.299. The zero-order valence-electron chi connectivity index (χ0n) is 22.6.